The molecule has 1 aliphatic heterocycles. The third kappa shape index (κ3) is 3.38. The molecule has 4 nitrogen and oxygen atoms in total. The first-order chi connectivity index (χ1) is 8.50. The van der Waals surface area contributed by atoms with Crippen LogP contribution < -0.4 is 10.1 Å². The quantitative estimate of drug-likeness (QED) is 0.923. The van der Waals surface area contributed by atoms with Crippen LogP contribution in [-0.4, -0.2) is 33.1 Å². The van der Waals surface area contributed by atoms with Crippen LogP contribution in [0.5, 0.6) is 5.75 Å². The minimum absolute atomic E-state index is 0.191. The van der Waals surface area contributed by atoms with Crippen molar-refractivity contribution in [3.63, 3.8) is 0 Å². The zero-order chi connectivity index (χ0) is 13.2. The molecule has 1 aliphatic rings. The molecule has 6 heteroatoms. The molecular weight excluding hydrogens is 318 g/mol. The van der Waals surface area contributed by atoms with Gasteiger partial charge in [0.1, 0.15) is 15.6 Å². The Morgan fingerprint density at radius 2 is 2.00 bits per heavy atom. The number of nitrogens with one attached hydrogen (secondary N) is 1. The average molecular weight is 334 g/mol. The van der Waals surface area contributed by atoms with Gasteiger partial charge in [0.2, 0.25) is 0 Å². The second-order valence-electron chi connectivity index (χ2n) is 4.42. The van der Waals surface area contributed by atoms with Crippen LogP contribution in [0.15, 0.2) is 22.7 Å². The fourth-order valence-corrected chi connectivity index (χ4v) is 3.90. The molecule has 2 rings (SSSR count). The average Bonchev–Trinajstić information content (AvgIpc) is 2.32. The van der Waals surface area contributed by atoms with Crippen LogP contribution in [0.1, 0.15) is 12.8 Å². The molecule has 1 aromatic carbocycles. The summed E-state index contributed by atoms with van der Waals surface area (Å²) in [5.74, 6) is 1.30. The van der Waals surface area contributed by atoms with Crippen LogP contribution in [0, 0.1) is 0 Å². The summed E-state index contributed by atoms with van der Waals surface area (Å²) in [6, 6.07) is 5.93. The number of benzene rings is 1. The maximum atomic E-state index is 11.4. The lowest BCUT2D eigenvalue weighted by Gasteiger charge is -2.25. The van der Waals surface area contributed by atoms with Gasteiger partial charge in [0, 0.05) is 10.5 Å². The largest absolute Gasteiger partial charge is 0.495 e. The van der Waals surface area contributed by atoms with Crippen LogP contribution in [-0.2, 0) is 9.84 Å². The van der Waals surface area contributed by atoms with E-state index in [4.69, 9.17) is 4.74 Å². The number of hydrogen-bond donors (Lipinski definition) is 1. The van der Waals surface area contributed by atoms with Gasteiger partial charge >= 0.3 is 0 Å². The van der Waals surface area contributed by atoms with Gasteiger partial charge in [-0.2, -0.15) is 0 Å². The molecule has 0 radical (unpaired) electrons. The molecule has 0 spiro atoms. The summed E-state index contributed by atoms with van der Waals surface area (Å²) in [6.45, 7) is 0. The van der Waals surface area contributed by atoms with E-state index < -0.39 is 9.84 Å². The Labute approximate surface area is 116 Å². The lowest BCUT2D eigenvalue weighted by molar-refractivity contribution is 0.415. The summed E-state index contributed by atoms with van der Waals surface area (Å²) in [5, 5.41) is 3.36. The Morgan fingerprint density at radius 1 is 1.33 bits per heavy atom. The summed E-state index contributed by atoms with van der Waals surface area (Å²) < 4.78 is 29.0. The molecule has 0 bridgehead atoms. The summed E-state index contributed by atoms with van der Waals surface area (Å²) in [5.41, 5.74) is 0.899. The van der Waals surface area contributed by atoms with Crippen molar-refractivity contribution in [2.75, 3.05) is 23.9 Å². The zero-order valence-electron chi connectivity index (χ0n) is 10.1. The molecule has 0 aliphatic carbocycles. The van der Waals surface area contributed by atoms with Crippen LogP contribution in [0.3, 0.4) is 0 Å². The Balaban J connectivity index is 2.08. The van der Waals surface area contributed by atoms with Crippen molar-refractivity contribution >= 4 is 31.5 Å². The topological polar surface area (TPSA) is 55.4 Å². The number of anilines is 1. The van der Waals surface area contributed by atoms with Crippen molar-refractivity contribution in [2.45, 2.75) is 18.9 Å². The lowest BCUT2D eigenvalue weighted by atomic mass is 10.1. The molecular formula is C12H16BrNO3S. The van der Waals surface area contributed by atoms with Crippen molar-refractivity contribution in [3.8, 4) is 5.75 Å². The molecule has 0 unspecified atom stereocenters. The van der Waals surface area contributed by atoms with Crippen molar-refractivity contribution in [1.29, 1.82) is 0 Å². The monoisotopic (exact) mass is 333 g/mol. The Morgan fingerprint density at radius 3 is 2.61 bits per heavy atom. The number of ether oxygens (including phenoxy) is 1. The molecule has 1 heterocycles. The van der Waals surface area contributed by atoms with Gasteiger partial charge in [-0.15, -0.1) is 0 Å². The van der Waals surface area contributed by atoms with E-state index in [-0.39, 0.29) is 17.5 Å². The second kappa shape index (κ2) is 5.48. The molecule has 0 aromatic heterocycles. The van der Waals surface area contributed by atoms with Crippen LogP contribution in [0.4, 0.5) is 5.69 Å². The van der Waals surface area contributed by atoms with E-state index in [1.807, 2.05) is 18.2 Å². The van der Waals surface area contributed by atoms with E-state index in [1.54, 1.807) is 7.11 Å². The molecule has 1 N–H and O–H groups in total. The smallest absolute Gasteiger partial charge is 0.150 e. The molecule has 0 saturated carbocycles. The highest BCUT2D eigenvalue weighted by Crippen LogP contribution is 2.30. The van der Waals surface area contributed by atoms with Gasteiger partial charge < -0.3 is 10.1 Å². The van der Waals surface area contributed by atoms with Gasteiger partial charge in [-0.05, 0) is 31.0 Å². The van der Waals surface area contributed by atoms with Crippen molar-refractivity contribution in [1.82, 2.24) is 0 Å². The SMILES string of the molecule is COc1ccc(Br)cc1NC1CCS(=O)(=O)CC1. The van der Waals surface area contributed by atoms with Crippen LogP contribution in [0.25, 0.3) is 0 Å². The van der Waals surface area contributed by atoms with E-state index in [0.29, 0.717) is 12.8 Å². The van der Waals surface area contributed by atoms with Gasteiger partial charge in [0.25, 0.3) is 0 Å². The zero-order valence-corrected chi connectivity index (χ0v) is 12.6. The number of hydrogen-bond acceptors (Lipinski definition) is 4. The standard InChI is InChI=1S/C12H16BrNO3S/c1-17-12-3-2-9(13)8-11(12)14-10-4-6-18(15,16)7-5-10/h2-3,8,10,14H,4-7H2,1H3. The number of sulfone groups is 1. The minimum atomic E-state index is -2.81. The van der Waals surface area contributed by atoms with E-state index in [1.165, 1.54) is 0 Å². The maximum absolute atomic E-state index is 11.4. The Bertz CT molecular complexity index is 516. The van der Waals surface area contributed by atoms with Crippen molar-refractivity contribution in [3.05, 3.63) is 22.7 Å². The van der Waals surface area contributed by atoms with Gasteiger partial charge in [-0.1, -0.05) is 15.9 Å². The highest BCUT2D eigenvalue weighted by Gasteiger charge is 2.24. The predicted molar refractivity (Wildman–Crippen MR) is 76.0 cm³/mol. The van der Waals surface area contributed by atoms with Gasteiger partial charge in [-0.3, -0.25) is 0 Å². The highest BCUT2D eigenvalue weighted by atomic mass is 79.9. The fraction of sp³-hybridized carbons (Fsp3) is 0.500. The summed E-state index contributed by atoms with van der Waals surface area (Å²) in [6.07, 6.45) is 1.30. The number of halogens is 1. The minimum Gasteiger partial charge on any atom is -0.495 e. The van der Waals surface area contributed by atoms with Crippen molar-refractivity contribution in [2.24, 2.45) is 0 Å². The maximum Gasteiger partial charge on any atom is 0.150 e. The molecule has 1 fully saturated rings. The summed E-state index contributed by atoms with van der Waals surface area (Å²) >= 11 is 3.42. The lowest BCUT2D eigenvalue weighted by Crippen LogP contribution is -2.32. The molecule has 18 heavy (non-hydrogen) atoms. The van der Waals surface area contributed by atoms with E-state index >= 15 is 0 Å². The molecule has 0 atom stereocenters. The first-order valence-electron chi connectivity index (χ1n) is 5.81. The Hall–Kier alpha value is -0.750. The highest BCUT2D eigenvalue weighted by molar-refractivity contribution is 9.10. The summed E-state index contributed by atoms with van der Waals surface area (Å²) in [7, 11) is -1.19. The third-order valence-corrected chi connectivity index (χ3v) is 5.28. The third-order valence-electron chi connectivity index (χ3n) is 3.08. The molecule has 100 valence electrons. The Kier molecular flexibility index (Phi) is 4.17. The summed E-state index contributed by atoms with van der Waals surface area (Å²) in [4.78, 5) is 0. The van der Waals surface area contributed by atoms with E-state index in [9.17, 15) is 8.42 Å². The van der Waals surface area contributed by atoms with E-state index in [2.05, 4.69) is 21.2 Å². The first-order valence-corrected chi connectivity index (χ1v) is 8.42. The molecule has 0 amide bonds. The second-order valence-corrected chi connectivity index (χ2v) is 7.63. The van der Waals surface area contributed by atoms with E-state index in [0.717, 1.165) is 15.9 Å². The normalized spacial score (nSPS) is 19.4. The molecule has 1 aromatic rings. The van der Waals surface area contributed by atoms with Crippen LogP contribution in [0.2, 0.25) is 0 Å². The predicted octanol–water partition coefficient (Wildman–Crippen LogP) is 2.45. The molecule has 1 saturated heterocycles. The van der Waals surface area contributed by atoms with Crippen molar-refractivity contribution < 1.29 is 13.2 Å². The van der Waals surface area contributed by atoms with Gasteiger partial charge in [-0.25, -0.2) is 8.42 Å². The van der Waals surface area contributed by atoms with Gasteiger partial charge in [0.15, 0.2) is 0 Å². The number of rotatable bonds is 3. The van der Waals surface area contributed by atoms with Crippen LogP contribution >= 0.6 is 15.9 Å². The first kappa shape index (κ1) is 13.7. The fourth-order valence-electron chi connectivity index (χ4n) is 2.05. The van der Waals surface area contributed by atoms with Gasteiger partial charge in [0.05, 0.1) is 24.3 Å². The number of methoxy groups -OCH3 is 1.